The third-order valence-corrected chi connectivity index (χ3v) is 3.18. The third kappa shape index (κ3) is 4.22. The second-order valence-corrected chi connectivity index (χ2v) is 4.52. The minimum absolute atomic E-state index is 0. The van der Waals surface area contributed by atoms with E-state index in [9.17, 15) is 9.59 Å². The molecule has 1 aromatic heterocycles. The van der Waals surface area contributed by atoms with E-state index in [4.69, 9.17) is 5.11 Å². The summed E-state index contributed by atoms with van der Waals surface area (Å²) in [5.74, 6) is -0.473. The van der Waals surface area contributed by atoms with Gasteiger partial charge in [0.2, 0.25) is 5.91 Å². The Bertz CT molecular complexity index is 489. The Kier molecular flexibility index (Phi) is 5.98. The van der Waals surface area contributed by atoms with Crippen molar-refractivity contribution in [3.05, 3.63) is 18.1 Å². The van der Waals surface area contributed by atoms with Gasteiger partial charge in [-0.15, -0.1) is 0 Å². The molecule has 1 aromatic rings. The molecule has 104 valence electrons. The number of carbonyl (C=O) groups is 2. The summed E-state index contributed by atoms with van der Waals surface area (Å²) in [4.78, 5) is 31.5. The second-order valence-electron chi connectivity index (χ2n) is 4.52. The van der Waals surface area contributed by atoms with E-state index >= 15 is 0 Å². The summed E-state index contributed by atoms with van der Waals surface area (Å²) in [5.41, 5.74) is -0.0290. The van der Waals surface area contributed by atoms with E-state index in [1.54, 1.807) is 11.8 Å². The molecule has 0 bridgehead atoms. The average Bonchev–Trinajstić information content (AvgIpc) is 2.39. The Morgan fingerprint density at radius 1 is 1.35 bits per heavy atom. The minimum atomic E-state index is -1.07. The van der Waals surface area contributed by atoms with Crippen LogP contribution in [0.4, 0.5) is 5.82 Å². The quantitative estimate of drug-likeness (QED) is 0.749. The van der Waals surface area contributed by atoms with Crippen LogP contribution >= 0.6 is 0 Å². The van der Waals surface area contributed by atoms with E-state index in [0.717, 1.165) is 12.8 Å². The van der Waals surface area contributed by atoms with Gasteiger partial charge in [0.15, 0.2) is 5.69 Å². The first kappa shape index (κ1) is 16.5. The van der Waals surface area contributed by atoms with Crippen molar-refractivity contribution >= 4 is 36.6 Å². The van der Waals surface area contributed by atoms with E-state index in [0.29, 0.717) is 18.9 Å². The van der Waals surface area contributed by atoms with Crippen LogP contribution in [0.1, 0.15) is 30.3 Å². The predicted octanol–water partition coefficient (Wildman–Crippen LogP) is -0.0509. The van der Waals surface area contributed by atoms with E-state index in [2.05, 4.69) is 15.3 Å². The van der Waals surface area contributed by atoms with Gasteiger partial charge in [0.25, 0.3) is 0 Å². The van der Waals surface area contributed by atoms with E-state index < -0.39 is 5.97 Å². The molecule has 2 heterocycles. The monoisotopic (exact) mass is 272 g/mol. The zero-order valence-electron chi connectivity index (χ0n) is 10.7. The molecule has 20 heavy (non-hydrogen) atoms. The van der Waals surface area contributed by atoms with Gasteiger partial charge in [0.05, 0.1) is 0 Å². The molecule has 1 fully saturated rings. The number of aromatic carboxylic acids is 1. The molecule has 1 amide bonds. The third-order valence-electron chi connectivity index (χ3n) is 3.18. The van der Waals surface area contributed by atoms with Crippen LogP contribution in [0.3, 0.4) is 0 Å². The Labute approximate surface area is 129 Å². The Morgan fingerprint density at radius 3 is 2.55 bits per heavy atom. The van der Waals surface area contributed by atoms with Crippen molar-refractivity contribution in [3.8, 4) is 0 Å². The molecule has 1 saturated heterocycles. The van der Waals surface area contributed by atoms with Crippen LogP contribution in [0.25, 0.3) is 0 Å². The van der Waals surface area contributed by atoms with Crippen molar-refractivity contribution in [1.82, 2.24) is 14.9 Å². The molecule has 1 aliphatic rings. The van der Waals surface area contributed by atoms with Gasteiger partial charge in [-0.05, 0) is 12.8 Å². The fraction of sp³-hybridized carbons (Fsp3) is 0.500. The molecule has 0 unspecified atom stereocenters. The van der Waals surface area contributed by atoms with Crippen LogP contribution in [-0.2, 0) is 4.79 Å². The van der Waals surface area contributed by atoms with E-state index in [1.165, 1.54) is 12.4 Å². The molecule has 0 atom stereocenters. The summed E-state index contributed by atoms with van der Waals surface area (Å²) in [6.07, 6.45) is 2.88. The topological polar surface area (TPSA) is 95.4 Å². The number of rotatable bonds is 3. The molecule has 2 N–H and O–H groups in total. The first-order valence-corrected chi connectivity index (χ1v) is 6.13. The van der Waals surface area contributed by atoms with Crippen LogP contribution in [0.2, 0.25) is 0 Å². The number of amides is 1. The summed E-state index contributed by atoms with van der Waals surface area (Å²) in [5, 5.41) is 12.0. The first-order chi connectivity index (χ1) is 9.06. The number of nitrogens with zero attached hydrogens (tertiary/aromatic N) is 3. The summed E-state index contributed by atoms with van der Waals surface area (Å²) in [7, 11) is 0. The van der Waals surface area contributed by atoms with Crippen molar-refractivity contribution in [1.29, 1.82) is 0 Å². The molecule has 7 nitrogen and oxygen atoms in total. The van der Waals surface area contributed by atoms with Gasteiger partial charge in [-0.3, -0.25) is 4.79 Å². The number of hydrogen-bond acceptors (Lipinski definition) is 5. The molecular formula is C12H17LiN4O3. The molecule has 0 radical (unpaired) electrons. The summed E-state index contributed by atoms with van der Waals surface area (Å²) >= 11 is 0. The van der Waals surface area contributed by atoms with Gasteiger partial charge < -0.3 is 15.3 Å². The summed E-state index contributed by atoms with van der Waals surface area (Å²) in [6.45, 7) is 2.99. The Balaban J connectivity index is 0.00000200. The number of carboxylic acids is 1. The summed E-state index contributed by atoms with van der Waals surface area (Å²) < 4.78 is 0. The van der Waals surface area contributed by atoms with E-state index in [-0.39, 0.29) is 36.5 Å². The van der Waals surface area contributed by atoms with Crippen molar-refractivity contribution in [2.24, 2.45) is 0 Å². The normalized spacial score (nSPS) is 15.3. The number of piperidine rings is 1. The number of anilines is 1. The van der Waals surface area contributed by atoms with Crippen LogP contribution in [-0.4, -0.2) is 69.8 Å². The molecule has 8 heteroatoms. The number of likely N-dealkylation sites (tertiary alicyclic amines) is 1. The van der Waals surface area contributed by atoms with Crippen molar-refractivity contribution < 1.29 is 14.7 Å². The number of carbonyl (C=O) groups excluding carboxylic acids is 1. The Morgan fingerprint density at radius 2 is 2.00 bits per heavy atom. The molecule has 1 aliphatic heterocycles. The van der Waals surface area contributed by atoms with Crippen molar-refractivity contribution in [3.63, 3.8) is 0 Å². The Hall–Kier alpha value is -1.58. The second kappa shape index (κ2) is 7.27. The van der Waals surface area contributed by atoms with Gasteiger partial charge in [-0.2, -0.15) is 0 Å². The van der Waals surface area contributed by atoms with Crippen LogP contribution in [0.15, 0.2) is 12.4 Å². The number of carboxylic acid groups (broad SMARTS) is 1. The van der Waals surface area contributed by atoms with Gasteiger partial charge in [0, 0.05) is 32.1 Å². The molecule has 0 aromatic carbocycles. The fourth-order valence-corrected chi connectivity index (χ4v) is 2.10. The first-order valence-electron chi connectivity index (χ1n) is 6.13. The molecule has 0 saturated carbocycles. The number of hydrogen-bond donors (Lipinski definition) is 2. The van der Waals surface area contributed by atoms with Gasteiger partial charge >= 0.3 is 24.8 Å². The van der Waals surface area contributed by atoms with E-state index in [1.807, 2.05) is 0 Å². The predicted molar refractivity (Wildman–Crippen MR) is 75.0 cm³/mol. The maximum absolute atomic E-state index is 11.2. The molecular weight excluding hydrogens is 255 g/mol. The van der Waals surface area contributed by atoms with Gasteiger partial charge in [-0.25, -0.2) is 14.8 Å². The fourth-order valence-electron chi connectivity index (χ4n) is 2.10. The maximum atomic E-state index is 11.2. The molecule has 2 rings (SSSR count). The van der Waals surface area contributed by atoms with Crippen molar-refractivity contribution in [2.45, 2.75) is 25.8 Å². The van der Waals surface area contributed by atoms with Gasteiger partial charge in [-0.1, -0.05) is 0 Å². The van der Waals surface area contributed by atoms with Gasteiger partial charge in [0.1, 0.15) is 12.1 Å². The standard InChI is InChI=1S/C12H16N4O3.Li.H/c1-8(17)16-4-2-9(3-5-16)15-11-6-10(12(18)19)13-7-14-11;;/h6-7,9H,2-5H2,1H3,(H,18,19)(H,13,14,15);;. The van der Waals surface area contributed by atoms with Crippen LogP contribution in [0, 0.1) is 0 Å². The number of aromatic nitrogens is 2. The zero-order chi connectivity index (χ0) is 13.8. The summed E-state index contributed by atoms with van der Waals surface area (Å²) in [6, 6.07) is 1.62. The SMILES string of the molecule is CC(=O)N1CCC(Nc2cc(C(=O)O)ncn2)CC1.[LiH]. The molecule has 0 aliphatic carbocycles. The van der Waals surface area contributed by atoms with Crippen molar-refractivity contribution in [2.75, 3.05) is 18.4 Å². The average molecular weight is 272 g/mol. The molecule has 0 spiro atoms. The van der Waals surface area contributed by atoms with Crippen LogP contribution < -0.4 is 5.32 Å². The number of nitrogens with one attached hydrogen (secondary N) is 1. The zero-order valence-corrected chi connectivity index (χ0v) is 10.7. The van der Waals surface area contributed by atoms with Crippen LogP contribution in [0.5, 0.6) is 0 Å².